The van der Waals surface area contributed by atoms with Crippen LogP contribution in [0.3, 0.4) is 0 Å². The van der Waals surface area contributed by atoms with E-state index in [9.17, 15) is 0 Å². The number of thiazole rings is 1. The maximum atomic E-state index is 5.10. The van der Waals surface area contributed by atoms with Crippen LogP contribution in [0.1, 0.15) is 10.7 Å². The highest BCUT2D eigenvalue weighted by Crippen LogP contribution is 2.16. The predicted octanol–water partition coefficient (Wildman–Crippen LogP) is 3.07. The van der Waals surface area contributed by atoms with Gasteiger partial charge in [-0.2, -0.15) is 0 Å². The molecule has 0 aliphatic carbocycles. The van der Waals surface area contributed by atoms with Crippen molar-refractivity contribution in [3.8, 4) is 5.75 Å². The van der Waals surface area contributed by atoms with Crippen LogP contribution in [0.25, 0.3) is 0 Å². The van der Waals surface area contributed by atoms with Crippen LogP contribution in [0.2, 0.25) is 0 Å². The van der Waals surface area contributed by atoms with E-state index in [2.05, 4.69) is 15.7 Å². The van der Waals surface area contributed by atoms with E-state index >= 15 is 0 Å². The molecule has 84 valence electrons. The first-order valence-electron chi connectivity index (χ1n) is 5.07. The number of benzene rings is 1. The van der Waals surface area contributed by atoms with Gasteiger partial charge in [-0.3, -0.25) is 0 Å². The topological polar surface area (TPSA) is 34.1 Å². The largest absolute Gasteiger partial charge is 0.497 e. The van der Waals surface area contributed by atoms with Gasteiger partial charge in [0.2, 0.25) is 0 Å². The van der Waals surface area contributed by atoms with Crippen LogP contribution in [-0.4, -0.2) is 12.1 Å². The molecule has 0 unspecified atom stereocenters. The molecule has 2 rings (SSSR count). The van der Waals surface area contributed by atoms with Gasteiger partial charge < -0.3 is 10.1 Å². The molecule has 0 aliphatic rings. The standard InChI is InChI=1S/C12H14N2OS/c1-9-14-11(8-16-9)7-13-10-3-5-12(15-2)6-4-10/h3-6,8,13H,7H2,1-2H3. The van der Waals surface area contributed by atoms with Gasteiger partial charge in [-0.15, -0.1) is 11.3 Å². The van der Waals surface area contributed by atoms with Crippen molar-refractivity contribution in [3.05, 3.63) is 40.3 Å². The number of nitrogens with one attached hydrogen (secondary N) is 1. The first-order chi connectivity index (χ1) is 7.78. The molecule has 1 aromatic carbocycles. The van der Waals surface area contributed by atoms with Crippen molar-refractivity contribution in [3.63, 3.8) is 0 Å². The lowest BCUT2D eigenvalue weighted by Crippen LogP contribution is -1.99. The molecule has 0 amide bonds. The molecule has 0 bridgehead atoms. The molecule has 0 saturated heterocycles. The van der Waals surface area contributed by atoms with Crippen molar-refractivity contribution >= 4 is 17.0 Å². The lowest BCUT2D eigenvalue weighted by Gasteiger charge is -2.05. The fourth-order valence-corrected chi connectivity index (χ4v) is 2.00. The van der Waals surface area contributed by atoms with Crippen molar-refractivity contribution in [2.45, 2.75) is 13.5 Å². The van der Waals surface area contributed by atoms with Gasteiger partial charge in [0.15, 0.2) is 0 Å². The van der Waals surface area contributed by atoms with Gasteiger partial charge in [-0.25, -0.2) is 4.98 Å². The third kappa shape index (κ3) is 2.73. The smallest absolute Gasteiger partial charge is 0.119 e. The van der Waals surface area contributed by atoms with Crippen LogP contribution in [0.5, 0.6) is 5.75 Å². The predicted molar refractivity (Wildman–Crippen MR) is 67.2 cm³/mol. The fraction of sp³-hybridized carbons (Fsp3) is 0.250. The van der Waals surface area contributed by atoms with Gasteiger partial charge in [-0.1, -0.05) is 0 Å². The van der Waals surface area contributed by atoms with Crippen LogP contribution < -0.4 is 10.1 Å². The fourth-order valence-electron chi connectivity index (χ4n) is 1.39. The molecular formula is C12H14N2OS. The Morgan fingerprint density at radius 3 is 2.62 bits per heavy atom. The number of aryl methyl sites for hydroxylation is 1. The van der Waals surface area contributed by atoms with E-state index in [1.165, 1.54) is 0 Å². The Morgan fingerprint density at radius 1 is 1.31 bits per heavy atom. The van der Waals surface area contributed by atoms with Gasteiger partial charge in [-0.05, 0) is 31.2 Å². The third-order valence-electron chi connectivity index (χ3n) is 2.23. The Morgan fingerprint density at radius 2 is 2.06 bits per heavy atom. The number of rotatable bonds is 4. The number of methoxy groups -OCH3 is 1. The van der Waals surface area contributed by atoms with Crippen molar-refractivity contribution in [2.24, 2.45) is 0 Å². The highest BCUT2D eigenvalue weighted by Gasteiger charge is 1.98. The molecular weight excluding hydrogens is 220 g/mol. The van der Waals surface area contributed by atoms with Gasteiger partial charge >= 0.3 is 0 Å². The maximum Gasteiger partial charge on any atom is 0.119 e. The SMILES string of the molecule is COc1ccc(NCc2csc(C)n2)cc1. The molecule has 0 atom stereocenters. The van der Waals surface area contributed by atoms with Crippen LogP contribution >= 0.6 is 11.3 Å². The lowest BCUT2D eigenvalue weighted by atomic mass is 10.3. The first kappa shape index (κ1) is 11.0. The Bertz CT molecular complexity index is 450. The van der Waals surface area contributed by atoms with Crippen molar-refractivity contribution in [1.29, 1.82) is 0 Å². The summed E-state index contributed by atoms with van der Waals surface area (Å²) in [7, 11) is 1.67. The summed E-state index contributed by atoms with van der Waals surface area (Å²) in [5.74, 6) is 0.870. The summed E-state index contributed by atoms with van der Waals surface area (Å²) in [6.45, 7) is 2.78. The summed E-state index contributed by atoms with van der Waals surface area (Å²) in [5, 5.41) is 6.49. The Balaban J connectivity index is 1.94. The van der Waals surface area contributed by atoms with Gasteiger partial charge in [0.05, 0.1) is 24.4 Å². The van der Waals surface area contributed by atoms with Crippen LogP contribution in [0, 0.1) is 6.92 Å². The first-order valence-corrected chi connectivity index (χ1v) is 5.95. The monoisotopic (exact) mass is 234 g/mol. The van der Waals surface area contributed by atoms with Crippen LogP contribution in [0.4, 0.5) is 5.69 Å². The minimum Gasteiger partial charge on any atom is -0.497 e. The van der Waals surface area contributed by atoms with Gasteiger partial charge in [0, 0.05) is 11.1 Å². The molecule has 1 heterocycles. The summed E-state index contributed by atoms with van der Waals surface area (Å²) in [4.78, 5) is 4.39. The normalized spacial score (nSPS) is 10.1. The van der Waals surface area contributed by atoms with Crippen LogP contribution in [-0.2, 0) is 6.54 Å². The number of aromatic nitrogens is 1. The molecule has 1 N–H and O–H groups in total. The highest BCUT2D eigenvalue weighted by atomic mass is 32.1. The zero-order valence-electron chi connectivity index (χ0n) is 9.36. The minimum absolute atomic E-state index is 0.761. The van der Waals surface area contributed by atoms with E-state index in [1.807, 2.05) is 31.2 Å². The molecule has 16 heavy (non-hydrogen) atoms. The highest BCUT2D eigenvalue weighted by molar-refractivity contribution is 7.09. The molecule has 4 heteroatoms. The van der Waals surface area contributed by atoms with Crippen LogP contribution in [0.15, 0.2) is 29.6 Å². The number of hydrogen-bond acceptors (Lipinski definition) is 4. The minimum atomic E-state index is 0.761. The number of hydrogen-bond donors (Lipinski definition) is 1. The van der Waals surface area contributed by atoms with Gasteiger partial charge in [0.1, 0.15) is 5.75 Å². The Kier molecular flexibility index (Phi) is 3.41. The van der Waals surface area contributed by atoms with E-state index < -0.39 is 0 Å². The third-order valence-corrected chi connectivity index (χ3v) is 3.05. The number of ether oxygens (including phenoxy) is 1. The molecule has 1 aromatic heterocycles. The lowest BCUT2D eigenvalue weighted by molar-refractivity contribution is 0.415. The van der Waals surface area contributed by atoms with Crippen molar-refractivity contribution in [1.82, 2.24) is 4.98 Å². The van der Waals surface area contributed by atoms with Crippen molar-refractivity contribution < 1.29 is 4.74 Å². The summed E-state index contributed by atoms with van der Waals surface area (Å²) < 4.78 is 5.10. The summed E-state index contributed by atoms with van der Waals surface area (Å²) in [6, 6.07) is 7.87. The second kappa shape index (κ2) is 4.99. The molecule has 0 spiro atoms. The van der Waals surface area contributed by atoms with E-state index in [0.717, 1.165) is 28.7 Å². The summed E-state index contributed by atoms with van der Waals surface area (Å²) in [5.41, 5.74) is 2.16. The summed E-state index contributed by atoms with van der Waals surface area (Å²) in [6.07, 6.45) is 0. The zero-order valence-corrected chi connectivity index (χ0v) is 10.2. The van der Waals surface area contributed by atoms with E-state index in [-0.39, 0.29) is 0 Å². The second-order valence-corrected chi connectivity index (χ2v) is 4.50. The molecule has 0 saturated carbocycles. The zero-order chi connectivity index (χ0) is 11.4. The molecule has 0 radical (unpaired) electrons. The number of nitrogens with zero attached hydrogens (tertiary/aromatic N) is 1. The molecule has 2 aromatic rings. The molecule has 3 nitrogen and oxygen atoms in total. The molecule has 0 aliphatic heterocycles. The van der Waals surface area contributed by atoms with E-state index in [0.29, 0.717) is 0 Å². The van der Waals surface area contributed by atoms with Crippen molar-refractivity contribution in [2.75, 3.05) is 12.4 Å². The van der Waals surface area contributed by atoms with E-state index in [4.69, 9.17) is 4.74 Å². The Labute approximate surface area is 99.1 Å². The quantitative estimate of drug-likeness (QED) is 0.882. The Hall–Kier alpha value is -1.55. The van der Waals surface area contributed by atoms with Gasteiger partial charge in [0.25, 0.3) is 0 Å². The second-order valence-electron chi connectivity index (χ2n) is 3.44. The summed E-state index contributed by atoms with van der Waals surface area (Å²) >= 11 is 1.67. The van der Waals surface area contributed by atoms with E-state index in [1.54, 1.807) is 18.4 Å². The number of anilines is 1. The average Bonchev–Trinajstić information content (AvgIpc) is 2.73. The maximum absolute atomic E-state index is 5.10. The average molecular weight is 234 g/mol. The molecule has 0 fully saturated rings.